The van der Waals surface area contributed by atoms with Crippen molar-refractivity contribution < 1.29 is 0 Å². The van der Waals surface area contributed by atoms with Gasteiger partial charge in [0.2, 0.25) is 0 Å². The molecule has 3 aromatic heterocycles. The number of nitrogens with zero attached hydrogens (tertiary/aromatic N) is 1. The van der Waals surface area contributed by atoms with Gasteiger partial charge in [-0.1, -0.05) is 207 Å². The van der Waals surface area contributed by atoms with Crippen molar-refractivity contribution in [2.45, 2.75) is 212 Å². The van der Waals surface area contributed by atoms with Crippen LogP contribution in [-0.2, 0) is 43.3 Å². The number of fused-ring (bicyclic) bond motifs is 9. The highest BCUT2D eigenvalue weighted by Gasteiger charge is 2.42. The zero-order chi connectivity index (χ0) is 62.7. The molecular formula is C87H90BN2. The molecule has 12 aromatic rings. The van der Waals surface area contributed by atoms with Crippen molar-refractivity contribution in [3.05, 3.63) is 184 Å². The minimum atomic E-state index is 0.0756. The van der Waals surface area contributed by atoms with Gasteiger partial charge in [0.25, 0.3) is 0 Å². The van der Waals surface area contributed by atoms with Gasteiger partial charge in [-0.2, -0.15) is 0 Å². The lowest BCUT2D eigenvalue weighted by molar-refractivity contribution is 0.332. The van der Waals surface area contributed by atoms with Gasteiger partial charge in [-0.05, 0) is 250 Å². The molecule has 0 saturated heterocycles. The molecule has 17 rings (SSSR count). The molecule has 1 radical (unpaired) electrons. The highest BCUT2D eigenvalue weighted by Crippen LogP contribution is 2.54. The van der Waals surface area contributed by atoms with E-state index in [0.717, 1.165) is 0 Å². The van der Waals surface area contributed by atoms with E-state index in [-0.39, 0.29) is 43.3 Å². The lowest BCUT2D eigenvalue weighted by atomic mass is 9.58. The van der Waals surface area contributed by atoms with Crippen LogP contribution in [0.15, 0.2) is 133 Å². The molecule has 4 aliphatic carbocycles. The summed E-state index contributed by atoms with van der Waals surface area (Å²) in [5, 5.41) is 7.95. The molecule has 0 bridgehead atoms. The summed E-state index contributed by atoms with van der Waals surface area (Å²) >= 11 is 0. The van der Waals surface area contributed by atoms with Gasteiger partial charge in [0.05, 0.1) is 11.0 Å². The number of rotatable bonds is 5. The molecule has 1 aliphatic heterocycles. The first-order valence-corrected chi connectivity index (χ1v) is 34.3. The van der Waals surface area contributed by atoms with Crippen LogP contribution >= 0.6 is 0 Å². The Hall–Kier alpha value is -7.36. The highest BCUT2D eigenvalue weighted by atomic mass is 14.9. The van der Waals surface area contributed by atoms with E-state index in [9.17, 15) is 0 Å². The quantitative estimate of drug-likeness (QED) is 0.166. The summed E-state index contributed by atoms with van der Waals surface area (Å²) in [7, 11) is 2.60. The fraction of sp³-hybridized carbons (Fsp3) is 0.379. The van der Waals surface area contributed by atoms with Crippen LogP contribution in [0, 0.1) is 6.92 Å². The molecule has 9 aromatic carbocycles. The number of H-pyrrole nitrogens is 1. The summed E-state index contributed by atoms with van der Waals surface area (Å²) in [6.45, 7) is 41.7. The largest absolute Gasteiger partial charge is 0.354 e. The Balaban J connectivity index is 0.934. The second kappa shape index (κ2) is 18.0. The van der Waals surface area contributed by atoms with E-state index in [0.29, 0.717) is 0 Å². The van der Waals surface area contributed by atoms with Crippen molar-refractivity contribution in [2.24, 2.45) is 0 Å². The van der Waals surface area contributed by atoms with Crippen LogP contribution in [0.3, 0.4) is 0 Å². The molecule has 5 aliphatic rings. The second-order valence-corrected chi connectivity index (χ2v) is 34.7. The number of aryl methyl sites for hydroxylation is 1. The zero-order valence-corrected chi connectivity index (χ0v) is 56.9. The van der Waals surface area contributed by atoms with Crippen molar-refractivity contribution in [1.29, 1.82) is 0 Å². The average molecular weight is 1170 g/mol. The molecule has 0 fully saturated rings. The lowest BCUT2D eigenvalue weighted by Gasteiger charge is -2.42. The third kappa shape index (κ3) is 7.95. The van der Waals surface area contributed by atoms with Crippen LogP contribution in [0.1, 0.15) is 212 Å². The number of benzene rings is 9. The Bertz CT molecular complexity index is 5160. The van der Waals surface area contributed by atoms with Crippen LogP contribution < -0.4 is 10.9 Å². The molecule has 0 atom stereocenters. The van der Waals surface area contributed by atoms with Crippen molar-refractivity contribution in [2.75, 3.05) is 0 Å². The van der Waals surface area contributed by atoms with Gasteiger partial charge in [0.1, 0.15) is 0 Å². The lowest BCUT2D eigenvalue weighted by Crippen LogP contribution is -2.35. The summed E-state index contributed by atoms with van der Waals surface area (Å²) in [6, 6.07) is 55.0. The number of hydrogen-bond donors (Lipinski definition) is 1. The summed E-state index contributed by atoms with van der Waals surface area (Å²) in [4.78, 5) is 4.16. The maximum atomic E-state index is 4.16. The van der Waals surface area contributed by atoms with Gasteiger partial charge in [-0.15, -0.1) is 0 Å². The Labute approximate surface area is 535 Å². The predicted octanol–water partition coefficient (Wildman–Crippen LogP) is 22.5. The van der Waals surface area contributed by atoms with Crippen LogP contribution in [0.2, 0.25) is 0 Å². The van der Waals surface area contributed by atoms with Gasteiger partial charge < -0.3 is 9.38 Å². The third-order valence-electron chi connectivity index (χ3n) is 25.1. The molecule has 0 spiro atoms. The monoisotopic (exact) mass is 1170 g/mol. The number of hydrogen-bond acceptors (Lipinski definition) is 0. The Kier molecular flexibility index (Phi) is 11.3. The molecule has 1 N–H and O–H groups in total. The Morgan fingerprint density at radius 3 is 1.13 bits per heavy atom. The normalized spacial score (nSPS) is 20.1. The summed E-state index contributed by atoms with van der Waals surface area (Å²) in [6.07, 6.45) is 9.57. The van der Waals surface area contributed by atoms with Crippen LogP contribution in [-0.4, -0.2) is 16.7 Å². The molecule has 0 saturated carbocycles. The minimum absolute atomic E-state index is 0.0756. The van der Waals surface area contributed by atoms with E-state index in [1.54, 1.807) is 0 Å². The van der Waals surface area contributed by atoms with Crippen molar-refractivity contribution in [1.82, 2.24) is 9.38 Å². The first kappa shape index (κ1) is 56.6. The van der Waals surface area contributed by atoms with Crippen LogP contribution in [0.4, 0.5) is 0 Å². The maximum Gasteiger partial charge on any atom is 0.197 e. The Morgan fingerprint density at radius 2 is 0.667 bits per heavy atom. The van der Waals surface area contributed by atoms with Gasteiger partial charge in [-0.25, -0.2) is 0 Å². The SMILES string of the molecule is Cc1cc(-c2cc(-c3ccc4c(c3)C(C)(C)CCC4(C)C)cc3c2[nH]c2ccc(-c4ccc5c(c4)C(C)(C)CCC5(C)C)cc23)c2c3c1c1cc(-c4ccc5c(c4)C(C)(C)CCC5(C)C)cc4c5cc(-c6ccc7c(c6)C(C)(C)CCC7(C)C)cc(c5n3c41)[B]2. The molecule has 3 heteroatoms. The summed E-state index contributed by atoms with van der Waals surface area (Å²) < 4.78 is 2.72. The van der Waals surface area contributed by atoms with Gasteiger partial charge >= 0.3 is 0 Å². The smallest absolute Gasteiger partial charge is 0.197 e. The van der Waals surface area contributed by atoms with E-state index < -0.39 is 0 Å². The molecule has 2 nitrogen and oxygen atoms in total. The molecule has 4 heterocycles. The average Bonchev–Trinajstić information content (AvgIpc) is 1.50. The topological polar surface area (TPSA) is 20.2 Å². The number of nitrogens with one attached hydrogen (secondary N) is 1. The van der Waals surface area contributed by atoms with Crippen LogP contribution in [0.25, 0.3) is 116 Å². The molecule has 0 amide bonds. The van der Waals surface area contributed by atoms with Crippen LogP contribution in [0.5, 0.6) is 0 Å². The van der Waals surface area contributed by atoms with Crippen molar-refractivity contribution in [3.63, 3.8) is 0 Å². The molecule has 0 unspecified atom stereocenters. The number of aromatic amines is 1. The van der Waals surface area contributed by atoms with E-state index in [1.165, 1.54) is 228 Å². The summed E-state index contributed by atoms with van der Waals surface area (Å²) in [5.74, 6) is 0. The zero-order valence-electron chi connectivity index (χ0n) is 56.9. The van der Waals surface area contributed by atoms with E-state index in [4.69, 9.17) is 0 Å². The predicted molar refractivity (Wildman–Crippen MR) is 389 cm³/mol. The Morgan fingerprint density at radius 1 is 0.311 bits per heavy atom. The van der Waals surface area contributed by atoms with Gasteiger partial charge in [0, 0.05) is 54.4 Å². The van der Waals surface area contributed by atoms with Crippen molar-refractivity contribution in [3.8, 4) is 55.6 Å². The molecule has 451 valence electrons. The van der Waals surface area contributed by atoms with Gasteiger partial charge in [0.15, 0.2) is 7.28 Å². The molecule has 90 heavy (non-hydrogen) atoms. The minimum Gasteiger partial charge on any atom is -0.354 e. The first-order valence-electron chi connectivity index (χ1n) is 34.3. The maximum absolute atomic E-state index is 4.16. The highest BCUT2D eigenvalue weighted by molar-refractivity contribution is 6.75. The second-order valence-electron chi connectivity index (χ2n) is 34.7. The first-order chi connectivity index (χ1) is 42.4. The van der Waals surface area contributed by atoms with Gasteiger partial charge in [-0.3, -0.25) is 0 Å². The fourth-order valence-corrected chi connectivity index (χ4v) is 18.7. The summed E-state index contributed by atoms with van der Waals surface area (Å²) in [5.41, 5.74) is 36.1. The van der Waals surface area contributed by atoms with Crippen molar-refractivity contribution >= 4 is 78.1 Å². The third-order valence-corrected chi connectivity index (χ3v) is 25.1. The molecular weight excluding hydrogens is 1080 g/mol. The number of aromatic nitrogens is 2. The van der Waals surface area contributed by atoms with E-state index >= 15 is 0 Å². The van der Waals surface area contributed by atoms with E-state index in [2.05, 4.69) is 268 Å². The fourth-order valence-electron chi connectivity index (χ4n) is 18.7. The van der Waals surface area contributed by atoms with E-state index in [1.807, 2.05) is 0 Å². The standard InChI is InChI=1S/C87H90BN2/c1-48-36-58(60-39-54(51-19-24-65-69(44-51)85(12,13)33-29-81(65,4)5)38-59-57-37-49(22-27-73(57)89-76(59)60)50-18-23-64-68(43-50)84(10,11)32-28-80(64,2)3)75-79-74(48)63-42-55(52-20-25-66-70(45-52)86(14,15)34-30-82(66,6)7)40-61-62-41-56(47-72(88-75)78(62)90(79)77(61)63)53-21-26-67-71(46-53)87(16,17)35-31-83(67,8)9/h18-27,36-47,89H,28-35H2,1-17H3.